The molecule has 2 aromatic carbocycles. The van der Waals surface area contributed by atoms with Crippen molar-refractivity contribution in [1.82, 2.24) is 4.98 Å². The molecule has 0 N–H and O–H groups in total. The molecule has 0 bridgehead atoms. The van der Waals surface area contributed by atoms with Crippen LogP contribution in [0.4, 0.5) is 0 Å². The first-order chi connectivity index (χ1) is 8.33. The first-order valence-corrected chi connectivity index (χ1v) is 6.70. The zero-order chi connectivity index (χ0) is 11.7. The molecule has 1 aromatic heterocycles. The predicted octanol–water partition coefficient (Wildman–Crippen LogP) is 4.18. The summed E-state index contributed by atoms with van der Waals surface area (Å²) in [6.07, 6.45) is 0.952. The van der Waals surface area contributed by atoms with E-state index in [1.165, 1.54) is 15.8 Å². The van der Waals surface area contributed by atoms with E-state index in [2.05, 4.69) is 54.0 Å². The van der Waals surface area contributed by atoms with Crippen molar-refractivity contribution in [1.29, 1.82) is 0 Å². The van der Waals surface area contributed by atoms with E-state index in [4.69, 9.17) is 0 Å². The summed E-state index contributed by atoms with van der Waals surface area (Å²) in [5, 5.41) is 0. The van der Waals surface area contributed by atoms with Gasteiger partial charge in [-0.2, -0.15) is 0 Å². The number of rotatable bonds is 2. The molecule has 0 amide bonds. The zero-order valence-electron chi connectivity index (χ0n) is 9.13. The number of benzene rings is 2. The van der Waals surface area contributed by atoms with Crippen LogP contribution in [-0.4, -0.2) is 4.98 Å². The van der Waals surface area contributed by atoms with Crippen LogP contribution in [0.15, 0.2) is 52.9 Å². The molecule has 3 rings (SSSR count). The highest BCUT2D eigenvalue weighted by Gasteiger charge is 2.06. The van der Waals surface area contributed by atoms with Crippen molar-refractivity contribution in [2.75, 3.05) is 0 Å². The molecular weight excluding hydrogens is 246 g/mol. The third kappa shape index (κ3) is 2.21. The fourth-order valence-corrected chi connectivity index (χ4v) is 3.15. The summed E-state index contributed by atoms with van der Waals surface area (Å²) in [7, 11) is 0. The van der Waals surface area contributed by atoms with Crippen LogP contribution in [0.25, 0.3) is 10.2 Å². The predicted molar refractivity (Wildman–Crippen MR) is 76.1 cm³/mol. The minimum absolute atomic E-state index is 0.834. The van der Waals surface area contributed by atoms with Crippen molar-refractivity contribution in [3.8, 4) is 0 Å². The summed E-state index contributed by atoms with van der Waals surface area (Å²) in [5.41, 5.74) is 3.70. The lowest BCUT2D eigenvalue weighted by molar-refractivity contribution is 1.22. The molecule has 0 spiro atoms. The Morgan fingerprint density at radius 1 is 1.00 bits per heavy atom. The van der Waals surface area contributed by atoms with Crippen LogP contribution in [0, 0.1) is 0 Å². The van der Waals surface area contributed by atoms with Gasteiger partial charge in [0.05, 0.1) is 10.2 Å². The Bertz CT molecular complexity index is 644. The summed E-state index contributed by atoms with van der Waals surface area (Å²) in [4.78, 5) is 4.40. The van der Waals surface area contributed by atoms with Crippen LogP contribution in [0.2, 0.25) is 0 Å². The quantitative estimate of drug-likeness (QED) is 0.680. The van der Waals surface area contributed by atoms with Gasteiger partial charge in [0.25, 0.3) is 0 Å². The molecular formula is C14H11NS2. The first-order valence-electron chi connectivity index (χ1n) is 5.44. The van der Waals surface area contributed by atoms with Crippen LogP contribution in [-0.2, 0) is 6.42 Å². The third-order valence-electron chi connectivity index (χ3n) is 2.72. The van der Waals surface area contributed by atoms with E-state index in [0.717, 1.165) is 16.3 Å². The minimum atomic E-state index is 0.834. The molecule has 1 nitrogen and oxygen atoms in total. The molecule has 17 heavy (non-hydrogen) atoms. The van der Waals surface area contributed by atoms with E-state index in [0.29, 0.717) is 0 Å². The summed E-state index contributed by atoms with van der Waals surface area (Å²) < 4.78 is 2.09. The molecule has 0 aliphatic carbocycles. The number of thiazole rings is 1. The average Bonchev–Trinajstić information content (AvgIpc) is 2.72. The summed E-state index contributed by atoms with van der Waals surface area (Å²) in [5.74, 6) is 0. The minimum Gasteiger partial charge on any atom is -0.230 e. The van der Waals surface area contributed by atoms with Crippen LogP contribution < -0.4 is 0 Å². The lowest BCUT2D eigenvalue weighted by Gasteiger charge is -2.02. The maximum absolute atomic E-state index is 4.40. The van der Waals surface area contributed by atoms with Gasteiger partial charge in [-0.25, -0.2) is 4.98 Å². The molecule has 3 heteroatoms. The highest BCUT2D eigenvalue weighted by Crippen LogP contribution is 2.28. The Hall–Kier alpha value is -1.32. The van der Waals surface area contributed by atoms with Gasteiger partial charge in [0.15, 0.2) is 0 Å². The fourth-order valence-electron chi connectivity index (χ4n) is 1.95. The average molecular weight is 257 g/mol. The van der Waals surface area contributed by atoms with Crippen molar-refractivity contribution >= 4 is 34.2 Å². The van der Waals surface area contributed by atoms with Crippen molar-refractivity contribution in [2.24, 2.45) is 0 Å². The lowest BCUT2D eigenvalue weighted by atomic mass is 10.0. The number of hydrogen-bond donors (Lipinski definition) is 1. The van der Waals surface area contributed by atoms with Gasteiger partial charge in [-0.05, 0) is 23.6 Å². The van der Waals surface area contributed by atoms with Gasteiger partial charge in [-0.1, -0.05) is 42.5 Å². The van der Waals surface area contributed by atoms with Gasteiger partial charge in [0, 0.05) is 0 Å². The number of aromatic nitrogens is 1. The van der Waals surface area contributed by atoms with Gasteiger partial charge < -0.3 is 0 Å². The first kappa shape index (κ1) is 10.8. The van der Waals surface area contributed by atoms with E-state index in [9.17, 15) is 0 Å². The molecule has 1 heterocycles. The summed E-state index contributed by atoms with van der Waals surface area (Å²) in [6, 6.07) is 16.8. The SMILES string of the molecule is Sc1nc2cccc(Cc3ccccc3)c2s1. The Balaban J connectivity index is 2.06. The standard InChI is InChI=1S/C14H11NS2/c16-14-15-12-8-4-7-11(13(12)17-14)9-10-5-2-1-3-6-10/h1-8H,9H2,(H,15,16). The van der Waals surface area contributed by atoms with Gasteiger partial charge in [0.1, 0.15) is 4.34 Å². The van der Waals surface area contributed by atoms with Crippen LogP contribution in [0.5, 0.6) is 0 Å². The molecule has 0 aliphatic heterocycles. The molecule has 0 atom stereocenters. The smallest absolute Gasteiger partial charge is 0.148 e. The molecule has 84 valence electrons. The second-order valence-corrected chi connectivity index (χ2v) is 5.65. The molecule has 0 aliphatic rings. The number of thiol groups is 1. The second kappa shape index (κ2) is 4.51. The molecule has 3 aromatic rings. The lowest BCUT2D eigenvalue weighted by Crippen LogP contribution is -1.87. The van der Waals surface area contributed by atoms with Crippen molar-refractivity contribution in [3.63, 3.8) is 0 Å². The molecule has 0 saturated carbocycles. The van der Waals surface area contributed by atoms with E-state index >= 15 is 0 Å². The largest absolute Gasteiger partial charge is 0.230 e. The normalized spacial score (nSPS) is 10.9. The van der Waals surface area contributed by atoms with E-state index in [-0.39, 0.29) is 0 Å². The Kier molecular flexibility index (Phi) is 2.87. The van der Waals surface area contributed by atoms with Crippen LogP contribution in [0.1, 0.15) is 11.1 Å². The third-order valence-corrected chi connectivity index (χ3v) is 4.05. The highest BCUT2D eigenvalue weighted by molar-refractivity contribution is 7.82. The Morgan fingerprint density at radius 3 is 2.65 bits per heavy atom. The van der Waals surface area contributed by atoms with Gasteiger partial charge in [-0.3, -0.25) is 0 Å². The zero-order valence-corrected chi connectivity index (χ0v) is 10.8. The van der Waals surface area contributed by atoms with E-state index in [1.807, 2.05) is 12.1 Å². The Labute approximate surface area is 110 Å². The molecule has 0 fully saturated rings. The monoisotopic (exact) mass is 257 g/mol. The second-order valence-electron chi connectivity index (χ2n) is 3.92. The van der Waals surface area contributed by atoms with Crippen molar-refractivity contribution in [2.45, 2.75) is 10.8 Å². The Morgan fingerprint density at radius 2 is 1.82 bits per heavy atom. The van der Waals surface area contributed by atoms with Gasteiger partial charge >= 0.3 is 0 Å². The summed E-state index contributed by atoms with van der Waals surface area (Å²) in [6.45, 7) is 0. The van der Waals surface area contributed by atoms with Crippen LogP contribution in [0.3, 0.4) is 0 Å². The molecule has 0 unspecified atom stereocenters. The van der Waals surface area contributed by atoms with Gasteiger partial charge in [0.2, 0.25) is 0 Å². The number of hydrogen-bond acceptors (Lipinski definition) is 3. The van der Waals surface area contributed by atoms with Crippen molar-refractivity contribution in [3.05, 3.63) is 59.7 Å². The highest BCUT2D eigenvalue weighted by atomic mass is 32.2. The topological polar surface area (TPSA) is 12.9 Å². The fraction of sp³-hybridized carbons (Fsp3) is 0.0714. The molecule has 0 saturated heterocycles. The molecule has 0 radical (unpaired) electrons. The maximum Gasteiger partial charge on any atom is 0.148 e. The van der Waals surface area contributed by atoms with E-state index in [1.54, 1.807) is 11.3 Å². The van der Waals surface area contributed by atoms with E-state index < -0.39 is 0 Å². The maximum atomic E-state index is 4.40. The van der Waals surface area contributed by atoms with Crippen molar-refractivity contribution < 1.29 is 0 Å². The van der Waals surface area contributed by atoms with Gasteiger partial charge in [-0.15, -0.1) is 24.0 Å². The summed E-state index contributed by atoms with van der Waals surface area (Å²) >= 11 is 5.97. The van der Waals surface area contributed by atoms with Crippen LogP contribution >= 0.6 is 24.0 Å². The number of nitrogens with zero attached hydrogens (tertiary/aromatic N) is 1. The number of fused-ring (bicyclic) bond motifs is 1.